The molecule has 6 nitrogen and oxygen atoms in total. The molecule has 0 bridgehead atoms. The van der Waals surface area contributed by atoms with Crippen LogP contribution in [0.1, 0.15) is 23.7 Å². The Hall–Kier alpha value is -3.71. The zero-order valence-corrected chi connectivity index (χ0v) is 18.2. The van der Waals surface area contributed by atoms with Crippen molar-refractivity contribution in [3.05, 3.63) is 90.5 Å². The standard InChI is InChI=1S/C25H21N3O3S/c1-17(29)18-12-14-20(15-13-18)26-23(30)16-22-24(31)28(21-10-6-3-7-11-21)25(32-22)27-19-8-4-2-5-9-19/h2-15,22H,16H2,1H3,(H,26,30)/t22-/m1/s1. The van der Waals surface area contributed by atoms with Gasteiger partial charge in [-0.3, -0.25) is 19.3 Å². The van der Waals surface area contributed by atoms with Gasteiger partial charge in [-0.05, 0) is 55.5 Å². The molecule has 1 heterocycles. The molecule has 0 saturated carbocycles. The summed E-state index contributed by atoms with van der Waals surface area (Å²) in [7, 11) is 0. The maximum absolute atomic E-state index is 13.2. The van der Waals surface area contributed by atoms with E-state index >= 15 is 0 Å². The van der Waals surface area contributed by atoms with Crippen LogP contribution in [0.5, 0.6) is 0 Å². The Morgan fingerprint density at radius 2 is 1.56 bits per heavy atom. The van der Waals surface area contributed by atoms with Gasteiger partial charge in [0.25, 0.3) is 0 Å². The molecule has 3 aromatic rings. The zero-order chi connectivity index (χ0) is 22.5. The van der Waals surface area contributed by atoms with Crippen LogP contribution in [0.3, 0.4) is 0 Å². The summed E-state index contributed by atoms with van der Waals surface area (Å²) >= 11 is 1.28. The Morgan fingerprint density at radius 1 is 0.938 bits per heavy atom. The lowest BCUT2D eigenvalue weighted by Crippen LogP contribution is -2.33. The van der Waals surface area contributed by atoms with E-state index in [0.29, 0.717) is 22.1 Å². The average Bonchev–Trinajstić information content (AvgIpc) is 3.09. The molecule has 0 radical (unpaired) electrons. The highest BCUT2D eigenvalue weighted by Gasteiger charge is 2.40. The van der Waals surface area contributed by atoms with E-state index in [1.54, 1.807) is 29.2 Å². The lowest BCUT2D eigenvalue weighted by molar-refractivity contribution is -0.121. The van der Waals surface area contributed by atoms with Crippen molar-refractivity contribution in [1.82, 2.24) is 0 Å². The topological polar surface area (TPSA) is 78.8 Å². The summed E-state index contributed by atoms with van der Waals surface area (Å²) < 4.78 is 0. The third-order valence-corrected chi connectivity index (χ3v) is 6.01. The van der Waals surface area contributed by atoms with Gasteiger partial charge in [0, 0.05) is 17.7 Å². The first-order valence-electron chi connectivity index (χ1n) is 10.1. The van der Waals surface area contributed by atoms with Gasteiger partial charge in [-0.15, -0.1) is 0 Å². The van der Waals surface area contributed by atoms with Crippen LogP contribution in [0.2, 0.25) is 0 Å². The first kappa shape index (κ1) is 21.5. The maximum atomic E-state index is 13.2. The second-order valence-corrected chi connectivity index (χ2v) is 8.40. The lowest BCUT2D eigenvalue weighted by atomic mass is 10.1. The Kier molecular flexibility index (Phi) is 6.47. The minimum atomic E-state index is -0.589. The molecular formula is C25H21N3O3S. The van der Waals surface area contributed by atoms with E-state index in [0.717, 1.165) is 5.69 Å². The van der Waals surface area contributed by atoms with Crippen LogP contribution < -0.4 is 10.2 Å². The Morgan fingerprint density at radius 3 is 2.19 bits per heavy atom. The van der Waals surface area contributed by atoms with Crippen molar-refractivity contribution < 1.29 is 14.4 Å². The van der Waals surface area contributed by atoms with E-state index < -0.39 is 5.25 Å². The first-order chi connectivity index (χ1) is 15.5. The van der Waals surface area contributed by atoms with Gasteiger partial charge in [0.15, 0.2) is 11.0 Å². The van der Waals surface area contributed by atoms with Crippen molar-refractivity contribution in [3.63, 3.8) is 0 Å². The molecule has 1 aliphatic heterocycles. The van der Waals surface area contributed by atoms with E-state index in [-0.39, 0.29) is 24.0 Å². The number of amides is 2. The minimum Gasteiger partial charge on any atom is -0.326 e. The number of anilines is 2. The summed E-state index contributed by atoms with van der Waals surface area (Å²) in [5.74, 6) is -0.500. The van der Waals surface area contributed by atoms with E-state index in [4.69, 9.17) is 0 Å². The molecule has 1 atom stereocenters. The van der Waals surface area contributed by atoms with Crippen molar-refractivity contribution in [1.29, 1.82) is 0 Å². The van der Waals surface area contributed by atoms with Gasteiger partial charge in [-0.2, -0.15) is 0 Å². The molecule has 0 spiro atoms. The normalized spacial score (nSPS) is 16.9. The molecule has 4 rings (SSSR count). The third-order valence-electron chi connectivity index (χ3n) is 4.88. The molecule has 0 aromatic heterocycles. The quantitative estimate of drug-likeness (QED) is 0.541. The zero-order valence-electron chi connectivity index (χ0n) is 17.4. The second kappa shape index (κ2) is 9.62. The van der Waals surface area contributed by atoms with Gasteiger partial charge in [-0.25, -0.2) is 4.99 Å². The second-order valence-electron chi connectivity index (χ2n) is 7.23. The largest absolute Gasteiger partial charge is 0.326 e. The van der Waals surface area contributed by atoms with Crippen LogP contribution >= 0.6 is 11.8 Å². The van der Waals surface area contributed by atoms with Crippen LogP contribution in [0.15, 0.2) is 89.9 Å². The first-order valence-corrected chi connectivity index (χ1v) is 11.0. The van der Waals surface area contributed by atoms with Gasteiger partial charge in [0.2, 0.25) is 11.8 Å². The third kappa shape index (κ3) is 4.95. The number of carbonyl (C=O) groups is 3. The van der Waals surface area contributed by atoms with E-state index in [1.807, 2.05) is 60.7 Å². The molecule has 1 fully saturated rings. The van der Waals surface area contributed by atoms with Crippen LogP contribution in [-0.2, 0) is 9.59 Å². The number of rotatable bonds is 6. The molecule has 2 amide bonds. The summed E-state index contributed by atoms with van der Waals surface area (Å²) in [4.78, 5) is 43.5. The summed E-state index contributed by atoms with van der Waals surface area (Å²) in [6.07, 6.45) is 0.00903. The van der Waals surface area contributed by atoms with E-state index in [1.165, 1.54) is 18.7 Å². The number of thioether (sulfide) groups is 1. The number of Topliss-reactive ketones (excluding diaryl/α,β-unsaturated/α-hetero) is 1. The predicted molar refractivity (Wildman–Crippen MR) is 129 cm³/mol. The molecule has 7 heteroatoms. The van der Waals surface area contributed by atoms with Crippen LogP contribution in [0.4, 0.5) is 17.1 Å². The highest BCUT2D eigenvalue weighted by atomic mass is 32.2. The number of amidine groups is 1. The summed E-state index contributed by atoms with van der Waals surface area (Å²) in [5.41, 5.74) is 2.60. The van der Waals surface area contributed by atoms with Gasteiger partial charge in [0.1, 0.15) is 5.25 Å². The minimum absolute atomic E-state index is 0.00903. The number of benzene rings is 3. The average molecular weight is 444 g/mol. The van der Waals surface area contributed by atoms with Gasteiger partial charge in [0.05, 0.1) is 11.4 Å². The molecule has 1 saturated heterocycles. The molecule has 32 heavy (non-hydrogen) atoms. The number of hydrogen-bond donors (Lipinski definition) is 1. The van der Waals surface area contributed by atoms with Crippen LogP contribution in [0, 0.1) is 0 Å². The van der Waals surface area contributed by atoms with Crippen molar-refractivity contribution >= 4 is 51.6 Å². The van der Waals surface area contributed by atoms with Crippen molar-refractivity contribution in [2.45, 2.75) is 18.6 Å². The van der Waals surface area contributed by atoms with E-state index in [9.17, 15) is 14.4 Å². The Labute approximate surface area is 190 Å². The Balaban J connectivity index is 1.52. The number of ketones is 1. The summed E-state index contributed by atoms with van der Waals surface area (Å²) in [6, 6.07) is 25.4. The smallest absolute Gasteiger partial charge is 0.247 e. The molecule has 1 aliphatic rings. The molecule has 3 aromatic carbocycles. The lowest BCUT2D eigenvalue weighted by Gasteiger charge is -2.16. The summed E-state index contributed by atoms with van der Waals surface area (Å²) in [6.45, 7) is 1.49. The van der Waals surface area contributed by atoms with Crippen molar-refractivity contribution in [3.8, 4) is 0 Å². The number of aliphatic imine (C=N–C) groups is 1. The number of para-hydroxylation sites is 2. The SMILES string of the molecule is CC(=O)c1ccc(NC(=O)C[C@H]2SC(=Nc3ccccc3)N(c3ccccc3)C2=O)cc1. The highest BCUT2D eigenvalue weighted by molar-refractivity contribution is 8.16. The molecule has 1 N–H and O–H groups in total. The monoisotopic (exact) mass is 443 g/mol. The summed E-state index contributed by atoms with van der Waals surface area (Å²) in [5, 5.41) is 2.75. The molecular weight excluding hydrogens is 422 g/mol. The van der Waals surface area contributed by atoms with Crippen molar-refractivity contribution in [2.24, 2.45) is 4.99 Å². The number of nitrogens with zero attached hydrogens (tertiary/aromatic N) is 2. The fraction of sp³-hybridized carbons (Fsp3) is 0.120. The van der Waals surface area contributed by atoms with Gasteiger partial charge >= 0.3 is 0 Å². The van der Waals surface area contributed by atoms with Crippen LogP contribution in [-0.4, -0.2) is 28.0 Å². The highest BCUT2D eigenvalue weighted by Crippen LogP contribution is 2.35. The molecule has 0 unspecified atom stereocenters. The number of nitrogens with one attached hydrogen (secondary N) is 1. The molecule has 0 aliphatic carbocycles. The fourth-order valence-corrected chi connectivity index (χ4v) is 4.42. The van der Waals surface area contributed by atoms with Crippen molar-refractivity contribution in [2.75, 3.05) is 10.2 Å². The van der Waals surface area contributed by atoms with E-state index in [2.05, 4.69) is 10.3 Å². The Bertz CT molecular complexity index is 1160. The number of carbonyl (C=O) groups excluding carboxylic acids is 3. The maximum Gasteiger partial charge on any atom is 0.247 e. The van der Waals surface area contributed by atoms with Gasteiger partial charge < -0.3 is 5.32 Å². The van der Waals surface area contributed by atoms with Crippen LogP contribution in [0.25, 0.3) is 0 Å². The predicted octanol–water partition coefficient (Wildman–Crippen LogP) is 5.05. The fourth-order valence-electron chi connectivity index (χ4n) is 3.27. The molecule has 160 valence electrons. The number of hydrogen-bond acceptors (Lipinski definition) is 5. The van der Waals surface area contributed by atoms with Gasteiger partial charge in [-0.1, -0.05) is 48.2 Å².